The third-order valence-corrected chi connectivity index (χ3v) is 1.46. The molecule has 0 aromatic heterocycles. The highest BCUT2D eigenvalue weighted by atomic mass is 16.5. The van der Waals surface area contributed by atoms with Gasteiger partial charge in [0.1, 0.15) is 13.3 Å². The van der Waals surface area contributed by atoms with Gasteiger partial charge in [0.15, 0.2) is 0 Å². The fraction of sp³-hybridized carbons (Fsp3) is 0.714. The van der Waals surface area contributed by atoms with Crippen molar-refractivity contribution >= 4 is 0 Å². The summed E-state index contributed by atoms with van der Waals surface area (Å²) in [6.07, 6.45) is 0.431. The predicted octanol–water partition coefficient (Wildman–Crippen LogP) is 1.45. The van der Waals surface area contributed by atoms with Crippen molar-refractivity contribution in [3.05, 3.63) is 14.9 Å². The van der Waals surface area contributed by atoms with Crippen LogP contribution in [0.15, 0.2) is 0 Å². The first-order valence-electron chi connectivity index (χ1n) is 3.26. The third kappa shape index (κ3) is 3.57. The highest BCUT2D eigenvalue weighted by molar-refractivity contribution is 5.05. The summed E-state index contributed by atoms with van der Waals surface area (Å²) in [5.74, 6) is 0. The van der Waals surface area contributed by atoms with E-state index in [0.717, 1.165) is 5.06 Å². The normalized spacial score (nSPS) is 10.7. The summed E-state index contributed by atoms with van der Waals surface area (Å²) in [7, 11) is 1.42. The van der Waals surface area contributed by atoms with Crippen LogP contribution in [-0.4, -0.2) is 24.3 Å². The highest BCUT2D eigenvalue weighted by Gasteiger charge is 2.44. The number of hydroxylamine groups is 2. The van der Waals surface area contributed by atoms with E-state index in [0.29, 0.717) is 13.0 Å². The predicted molar refractivity (Wildman–Crippen MR) is 45.6 cm³/mol. The van der Waals surface area contributed by atoms with Crippen molar-refractivity contribution in [1.82, 2.24) is 5.06 Å². The van der Waals surface area contributed by atoms with Gasteiger partial charge in [-0.25, -0.2) is 0 Å². The molecule has 0 atom stereocenters. The zero-order valence-corrected chi connectivity index (χ0v) is 6.82. The van der Waals surface area contributed by atoms with E-state index >= 15 is 0 Å². The summed E-state index contributed by atoms with van der Waals surface area (Å²) in [4.78, 5) is 6.91. The Bertz CT molecular complexity index is 185. The molecular formula is C7H12N3O+. The van der Waals surface area contributed by atoms with Gasteiger partial charge in [-0.05, 0) is 7.05 Å². The van der Waals surface area contributed by atoms with E-state index in [4.69, 9.17) is 13.1 Å². The molecule has 0 fully saturated rings. The zero-order valence-electron chi connectivity index (χ0n) is 6.82. The lowest BCUT2D eigenvalue weighted by Crippen LogP contribution is -2.22. The Morgan fingerprint density at radius 2 is 1.91 bits per heavy atom. The summed E-state index contributed by atoms with van der Waals surface area (Å²) >= 11 is 0. The molecule has 0 bridgehead atoms. The standard InChI is InChI=1S/C7H12N3O/c1-7(8-2,9-3)5-6-10(4)11/h2-3H,5-6H2,1,4H3/q+1. The average Bonchev–Trinajstić information content (AvgIpc) is 2.00. The Morgan fingerprint density at radius 3 is 2.18 bits per heavy atom. The molecule has 60 valence electrons. The Hall–Kier alpha value is -1.10. The smallest absolute Gasteiger partial charge is 0.563 e. The van der Waals surface area contributed by atoms with E-state index in [-0.39, 0.29) is 0 Å². The quantitative estimate of drug-likeness (QED) is 0.576. The molecule has 0 aliphatic carbocycles. The molecule has 0 aromatic rings. The minimum Gasteiger partial charge on any atom is -0.785 e. The Kier molecular flexibility index (Phi) is 3.53. The first-order chi connectivity index (χ1) is 5.04. The molecule has 0 N–H and O–H groups in total. The molecule has 0 spiro atoms. The number of hydrogen-bond donors (Lipinski definition) is 0. The van der Waals surface area contributed by atoms with Crippen LogP contribution in [0.3, 0.4) is 0 Å². The summed E-state index contributed by atoms with van der Waals surface area (Å²) in [5.41, 5.74) is -0.821. The molecule has 0 saturated heterocycles. The SMILES string of the molecule is C#[N+]C(C)(CCN(C)[O-])[N+]#C. The lowest BCUT2D eigenvalue weighted by Gasteiger charge is -2.19. The summed E-state index contributed by atoms with van der Waals surface area (Å²) in [6.45, 7) is 12.0. The molecule has 0 radical (unpaired) electrons. The molecule has 0 aromatic carbocycles. The van der Waals surface area contributed by atoms with Crippen molar-refractivity contribution in [2.24, 2.45) is 0 Å². The maximum absolute atomic E-state index is 10.5. The van der Waals surface area contributed by atoms with Crippen LogP contribution in [0.25, 0.3) is 9.69 Å². The topological polar surface area (TPSA) is 35.0 Å². The van der Waals surface area contributed by atoms with Gasteiger partial charge in [0.25, 0.3) is 13.1 Å². The van der Waals surface area contributed by atoms with E-state index in [1.165, 1.54) is 7.05 Å². The van der Waals surface area contributed by atoms with E-state index in [1.807, 2.05) is 0 Å². The maximum atomic E-state index is 10.5. The van der Waals surface area contributed by atoms with Crippen molar-refractivity contribution in [2.75, 3.05) is 13.6 Å². The number of rotatable bonds is 3. The molecule has 0 amide bonds. The van der Waals surface area contributed by atoms with Crippen molar-refractivity contribution in [3.63, 3.8) is 0 Å². The second-order valence-corrected chi connectivity index (χ2v) is 2.58. The van der Waals surface area contributed by atoms with Gasteiger partial charge in [-0.3, -0.25) is 0 Å². The summed E-state index contributed by atoms with van der Waals surface area (Å²) < 4.78 is 0. The molecule has 0 rings (SSSR count). The van der Waals surface area contributed by atoms with Crippen molar-refractivity contribution < 1.29 is 0 Å². The number of hydrogen-bond acceptors (Lipinski definition) is 2. The van der Waals surface area contributed by atoms with Gasteiger partial charge >= 0.3 is 5.66 Å². The van der Waals surface area contributed by atoms with Gasteiger partial charge in [-0.1, -0.05) is 0 Å². The second kappa shape index (κ2) is 3.92. The lowest BCUT2D eigenvalue weighted by atomic mass is 10.1. The van der Waals surface area contributed by atoms with E-state index in [1.54, 1.807) is 6.92 Å². The fourth-order valence-corrected chi connectivity index (χ4v) is 0.532. The van der Waals surface area contributed by atoms with Crippen LogP contribution in [0, 0.1) is 18.4 Å². The van der Waals surface area contributed by atoms with Crippen LogP contribution < -0.4 is 0 Å². The van der Waals surface area contributed by atoms with Crippen molar-refractivity contribution in [2.45, 2.75) is 19.0 Å². The van der Waals surface area contributed by atoms with E-state index in [2.05, 4.69) is 9.69 Å². The summed E-state index contributed by atoms with van der Waals surface area (Å²) in [5, 5.41) is 11.3. The maximum Gasteiger partial charge on any atom is 0.563 e. The van der Waals surface area contributed by atoms with Crippen molar-refractivity contribution in [3.8, 4) is 13.1 Å². The minimum absolute atomic E-state index is 0.317. The molecule has 11 heavy (non-hydrogen) atoms. The van der Waals surface area contributed by atoms with E-state index in [9.17, 15) is 5.21 Å². The van der Waals surface area contributed by atoms with Crippen LogP contribution in [0.1, 0.15) is 13.3 Å². The first-order valence-corrected chi connectivity index (χ1v) is 3.26. The van der Waals surface area contributed by atoms with Gasteiger partial charge in [0.2, 0.25) is 0 Å². The monoisotopic (exact) mass is 154 g/mol. The molecule has 0 saturated carbocycles. The van der Waals surface area contributed by atoms with Crippen LogP contribution in [0.2, 0.25) is 0 Å². The zero-order chi connectivity index (χ0) is 8.91. The van der Waals surface area contributed by atoms with Gasteiger partial charge in [-0.2, -0.15) is 0 Å². The van der Waals surface area contributed by atoms with Crippen LogP contribution >= 0.6 is 0 Å². The van der Waals surface area contributed by atoms with Gasteiger partial charge in [0, 0.05) is 16.2 Å². The Balaban J connectivity index is 3.95. The summed E-state index contributed by atoms with van der Waals surface area (Å²) in [6, 6.07) is 0. The van der Waals surface area contributed by atoms with Crippen molar-refractivity contribution in [1.29, 1.82) is 0 Å². The highest BCUT2D eigenvalue weighted by Crippen LogP contribution is 2.16. The van der Waals surface area contributed by atoms with Gasteiger partial charge in [0.05, 0.1) is 0 Å². The molecule has 4 nitrogen and oxygen atoms in total. The molecule has 0 unspecified atom stereocenters. The molecule has 4 heteroatoms. The average molecular weight is 154 g/mol. The largest absolute Gasteiger partial charge is 0.785 e. The molecule has 0 heterocycles. The number of nitrogens with zero attached hydrogens (tertiary/aromatic N) is 3. The molecule has 0 aliphatic heterocycles. The Labute approximate surface area is 66.6 Å². The van der Waals surface area contributed by atoms with E-state index < -0.39 is 5.66 Å². The lowest BCUT2D eigenvalue weighted by molar-refractivity contribution is 0.414. The Morgan fingerprint density at radius 1 is 1.45 bits per heavy atom. The molecule has 0 aliphatic rings. The molecular weight excluding hydrogens is 142 g/mol. The third-order valence-electron chi connectivity index (χ3n) is 1.46. The van der Waals surface area contributed by atoms with Gasteiger partial charge in [-0.15, -0.1) is 0 Å². The van der Waals surface area contributed by atoms with Crippen LogP contribution in [0.5, 0.6) is 0 Å². The van der Waals surface area contributed by atoms with Gasteiger partial charge < -0.3 is 10.3 Å². The minimum atomic E-state index is -0.821. The second-order valence-electron chi connectivity index (χ2n) is 2.58. The van der Waals surface area contributed by atoms with Crippen LogP contribution in [0.4, 0.5) is 0 Å². The van der Waals surface area contributed by atoms with Crippen LogP contribution in [-0.2, 0) is 0 Å². The first kappa shape index (κ1) is 9.90. The fourth-order valence-electron chi connectivity index (χ4n) is 0.532.